The van der Waals surface area contributed by atoms with Crippen LogP contribution in [-0.4, -0.2) is 11.8 Å². The first-order chi connectivity index (χ1) is 11.0. The summed E-state index contributed by atoms with van der Waals surface area (Å²) < 4.78 is 0. The van der Waals surface area contributed by atoms with Crippen LogP contribution in [0.15, 0.2) is 59.3 Å². The van der Waals surface area contributed by atoms with E-state index in [9.17, 15) is 9.59 Å². The maximum Gasteiger partial charge on any atom is 0.283 e. The zero-order valence-corrected chi connectivity index (χ0v) is 13.7. The molecule has 0 saturated carbocycles. The van der Waals surface area contributed by atoms with Crippen LogP contribution in [0.3, 0.4) is 0 Å². The zero-order chi connectivity index (χ0) is 16.6. The Balaban J connectivity index is 1.93. The highest BCUT2D eigenvalue weighted by atomic mass is 35.5. The standard InChI is InChI=1S/C17H12Cl2N2O2/c1-10-4-2-3-5-13(10)20-15-14(19)16(22)21(17(15)23)12-8-6-11(18)7-9-12/h2-9,20H,1H3. The third kappa shape index (κ3) is 2.83. The molecule has 6 heteroatoms. The summed E-state index contributed by atoms with van der Waals surface area (Å²) in [7, 11) is 0. The minimum absolute atomic E-state index is 0.0703. The molecule has 116 valence electrons. The Morgan fingerprint density at radius 1 is 0.913 bits per heavy atom. The average molecular weight is 347 g/mol. The van der Waals surface area contributed by atoms with Crippen molar-refractivity contribution in [2.24, 2.45) is 0 Å². The van der Waals surface area contributed by atoms with Gasteiger partial charge >= 0.3 is 0 Å². The summed E-state index contributed by atoms with van der Waals surface area (Å²) in [5.41, 5.74) is 2.15. The molecule has 3 rings (SSSR count). The van der Waals surface area contributed by atoms with Crippen molar-refractivity contribution in [1.29, 1.82) is 0 Å². The number of nitrogens with one attached hydrogen (secondary N) is 1. The van der Waals surface area contributed by atoms with Crippen molar-refractivity contribution in [2.45, 2.75) is 6.92 Å². The SMILES string of the molecule is Cc1ccccc1NC1=C(Cl)C(=O)N(c2ccc(Cl)cc2)C1=O. The van der Waals surface area contributed by atoms with Crippen LogP contribution in [0.1, 0.15) is 5.56 Å². The second kappa shape index (κ2) is 6.07. The Morgan fingerprint density at radius 3 is 2.22 bits per heavy atom. The van der Waals surface area contributed by atoms with Gasteiger partial charge in [-0.1, -0.05) is 41.4 Å². The van der Waals surface area contributed by atoms with E-state index >= 15 is 0 Å². The molecule has 0 fully saturated rings. The Kier molecular flexibility index (Phi) is 4.11. The molecule has 0 radical (unpaired) electrons. The van der Waals surface area contributed by atoms with E-state index < -0.39 is 11.8 Å². The molecule has 1 aliphatic rings. The summed E-state index contributed by atoms with van der Waals surface area (Å²) in [5, 5.41) is 3.35. The second-order valence-corrected chi connectivity index (χ2v) is 5.87. The second-order valence-electron chi connectivity index (χ2n) is 5.05. The normalized spacial score (nSPS) is 14.7. The van der Waals surface area contributed by atoms with Gasteiger partial charge in [-0.25, -0.2) is 4.90 Å². The molecule has 1 heterocycles. The molecule has 2 aromatic rings. The molecule has 2 amide bonds. The highest BCUT2D eigenvalue weighted by Crippen LogP contribution is 2.31. The van der Waals surface area contributed by atoms with E-state index in [1.54, 1.807) is 24.3 Å². The van der Waals surface area contributed by atoms with Gasteiger partial charge in [0.25, 0.3) is 11.8 Å². The number of nitrogens with zero attached hydrogens (tertiary/aromatic N) is 1. The number of carbonyl (C=O) groups is 2. The molecule has 0 atom stereocenters. The molecule has 23 heavy (non-hydrogen) atoms. The van der Waals surface area contributed by atoms with Gasteiger partial charge in [0.05, 0.1) is 5.69 Å². The molecule has 0 aliphatic carbocycles. The fraction of sp³-hybridized carbons (Fsp3) is 0.0588. The molecular weight excluding hydrogens is 335 g/mol. The van der Waals surface area contributed by atoms with Gasteiger partial charge in [0.2, 0.25) is 0 Å². The van der Waals surface area contributed by atoms with Crippen LogP contribution < -0.4 is 10.2 Å². The van der Waals surface area contributed by atoms with E-state index in [0.717, 1.165) is 16.2 Å². The predicted octanol–water partition coefficient (Wildman–Crippen LogP) is 4.08. The largest absolute Gasteiger partial charge is 0.349 e. The first-order valence-corrected chi connectivity index (χ1v) is 7.61. The first kappa shape index (κ1) is 15.6. The van der Waals surface area contributed by atoms with Crippen molar-refractivity contribution in [1.82, 2.24) is 0 Å². The van der Waals surface area contributed by atoms with Crippen molar-refractivity contribution in [3.63, 3.8) is 0 Å². The molecule has 0 bridgehead atoms. The number of hydrogen-bond donors (Lipinski definition) is 1. The lowest BCUT2D eigenvalue weighted by Gasteiger charge is -2.15. The molecule has 0 saturated heterocycles. The fourth-order valence-electron chi connectivity index (χ4n) is 2.28. The lowest BCUT2D eigenvalue weighted by molar-refractivity contribution is -0.120. The van der Waals surface area contributed by atoms with E-state index in [1.807, 2.05) is 31.2 Å². The average Bonchev–Trinajstić information content (AvgIpc) is 2.74. The summed E-state index contributed by atoms with van der Waals surface area (Å²) in [4.78, 5) is 26.0. The van der Waals surface area contributed by atoms with E-state index in [0.29, 0.717) is 10.7 Å². The minimum Gasteiger partial charge on any atom is -0.349 e. The van der Waals surface area contributed by atoms with E-state index in [1.165, 1.54) is 0 Å². The molecule has 1 N–H and O–H groups in total. The van der Waals surface area contributed by atoms with Crippen molar-refractivity contribution in [3.8, 4) is 0 Å². The first-order valence-electron chi connectivity index (χ1n) is 6.86. The van der Waals surface area contributed by atoms with Crippen LogP contribution >= 0.6 is 23.2 Å². The number of halogens is 2. The van der Waals surface area contributed by atoms with Crippen LogP contribution in [-0.2, 0) is 9.59 Å². The maximum absolute atomic E-state index is 12.6. The summed E-state index contributed by atoms with van der Waals surface area (Å²) in [6.45, 7) is 1.90. The molecule has 1 aliphatic heterocycles. The molecule has 4 nitrogen and oxygen atoms in total. The number of para-hydroxylation sites is 1. The summed E-state index contributed by atoms with van der Waals surface area (Å²) >= 11 is 11.9. The number of hydrogen-bond acceptors (Lipinski definition) is 3. The highest BCUT2D eigenvalue weighted by molar-refractivity contribution is 6.53. The number of carbonyl (C=O) groups excluding carboxylic acids is 2. The van der Waals surface area contributed by atoms with Crippen LogP contribution in [0.5, 0.6) is 0 Å². The topological polar surface area (TPSA) is 49.4 Å². The quantitative estimate of drug-likeness (QED) is 0.851. The monoisotopic (exact) mass is 346 g/mol. The van der Waals surface area contributed by atoms with E-state index in [2.05, 4.69) is 5.32 Å². The lowest BCUT2D eigenvalue weighted by atomic mass is 10.2. The van der Waals surface area contributed by atoms with Crippen LogP contribution in [0.4, 0.5) is 11.4 Å². The van der Waals surface area contributed by atoms with Gasteiger partial charge in [0, 0.05) is 10.7 Å². The molecule has 0 spiro atoms. The van der Waals surface area contributed by atoms with Gasteiger partial charge in [-0.2, -0.15) is 0 Å². The van der Waals surface area contributed by atoms with Gasteiger partial charge in [0.15, 0.2) is 0 Å². The van der Waals surface area contributed by atoms with Crippen LogP contribution in [0, 0.1) is 6.92 Å². The van der Waals surface area contributed by atoms with Crippen molar-refractivity contribution in [2.75, 3.05) is 10.2 Å². The Labute approximate surface area is 143 Å². The van der Waals surface area contributed by atoms with Crippen LogP contribution in [0.2, 0.25) is 5.02 Å². The van der Waals surface area contributed by atoms with Crippen LogP contribution in [0.25, 0.3) is 0 Å². The number of imide groups is 1. The predicted molar refractivity (Wildman–Crippen MR) is 91.6 cm³/mol. The number of benzene rings is 2. The number of anilines is 2. The Hall–Kier alpha value is -2.30. The van der Waals surface area contributed by atoms with E-state index in [-0.39, 0.29) is 10.7 Å². The van der Waals surface area contributed by atoms with Crippen molar-refractivity contribution >= 4 is 46.4 Å². The summed E-state index contributed by atoms with van der Waals surface area (Å²) in [5.74, 6) is -1.05. The highest BCUT2D eigenvalue weighted by Gasteiger charge is 2.38. The Bertz CT molecular complexity index is 829. The molecular formula is C17H12Cl2N2O2. The molecule has 0 unspecified atom stereocenters. The zero-order valence-electron chi connectivity index (χ0n) is 12.1. The maximum atomic E-state index is 12.6. The lowest BCUT2D eigenvalue weighted by Crippen LogP contribution is -2.32. The smallest absolute Gasteiger partial charge is 0.283 e. The molecule has 2 aromatic carbocycles. The third-order valence-electron chi connectivity index (χ3n) is 3.52. The molecule has 0 aromatic heterocycles. The van der Waals surface area contributed by atoms with Crippen molar-refractivity contribution in [3.05, 3.63) is 69.8 Å². The number of rotatable bonds is 3. The van der Waals surface area contributed by atoms with Gasteiger partial charge in [0.1, 0.15) is 10.7 Å². The summed E-state index contributed by atoms with van der Waals surface area (Å²) in [6.07, 6.45) is 0. The fourth-order valence-corrected chi connectivity index (χ4v) is 2.62. The van der Waals surface area contributed by atoms with Gasteiger partial charge in [-0.15, -0.1) is 0 Å². The van der Waals surface area contributed by atoms with Gasteiger partial charge < -0.3 is 5.32 Å². The minimum atomic E-state index is -0.560. The van der Waals surface area contributed by atoms with Gasteiger partial charge in [-0.3, -0.25) is 9.59 Å². The Morgan fingerprint density at radius 2 is 1.57 bits per heavy atom. The van der Waals surface area contributed by atoms with Crippen molar-refractivity contribution < 1.29 is 9.59 Å². The number of amides is 2. The number of aryl methyl sites for hydroxylation is 1. The van der Waals surface area contributed by atoms with E-state index in [4.69, 9.17) is 23.2 Å². The van der Waals surface area contributed by atoms with Gasteiger partial charge in [-0.05, 0) is 42.8 Å². The summed E-state index contributed by atoms with van der Waals surface area (Å²) in [6, 6.07) is 13.8. The third-order valence-corrected chi connectivity index (χ3v) is 4.12.